The van der Waals surface area contributed by atoms with Crippen molar-refractivity contribution in [1.29, 1.82) is 0 Å². The van der Waals surface area contributed by atoms with Gasteiger partial charge < -0.3 is 18.9 Å². The Bertz CT molecular complexity index is 782. The van der Waals surface area contributed by atoms with Crippen LogP contribution in [0.5, 0.6) is 11.5 Å². The number of benzene rings is 2. The molecule has 2 aromatic carbocycles. The minimum atomic E-state index is -0.389. The minimum absolute atomic E-state index is 0.177. The highest BCUT2D eigenvalue weighted by atomic mass is 16.6. The summed E-state index contributed by atoms with van der Waals surface area (Å²) in [5, 5.41) is 0. The van der Waals surface area contributed by atoms with Gasteiger partial charge in [-0.3, -0.25) is 9.59 Å². The fraction of sp³-hybridized carbons (Fsp3) is 0.304. The van der Waals surface area contributed by atoms with Gasteiger partial charge in [0.2, 0.25) is 0 Å². The summed E-state index contributed by atoms with van der Waals surface area (Å²) < 4.78 is 21.1. The molecule has 0 aliphatic heterocycles. The lowest BCUT2D eigenvalue weighted by atomic mass is 10.1. The number of carbonyl (C=O) groups excluding carboxylic acids is 2. The Kier molecular flexibility index (Phi) is 6.89. The molecule has 3 rings (SSSR count). The van der Waals surface area contributed by atoms with E-state index < -0.39 is 0 Å². The summed E-state index contributed by atoms with van der Waals surface area (Å²) in [4.78, 5) is 24.3. The zero-order valence-electron chi connectivity index (χ0n) is 16.5. The number of rotatable bonds is 8. The zero-order chi connectivity index (χ0) is 20.6. The third-order valence-electron chi connectivity index (χ3n) is 4.59. The van der Waals surface area contributed by atoms with E-state index in [1.54, 1.807) is 50.6 Å². The van der Waals surface area contributed by atoms with E-state index in [0.717, 1.165) is 22.6 Å². The Hall–Kier alpha value is -3.28. The topological polar surface area (TPSA) is 71.1 Å². The largest absolute Gasteiger partial charge is 0.497 e. The fourth-order valence-electron chi connectivity index (χ4n) is 3.05. The first-order chi connectivity index (χ1) is 14.1. The number of ether oxygens (including phenoxy) is 4. The van der Waals surface area contributed by atoms with E-state index in [1.165, 1.54) is 0 Å². The molecule has 6 nitrogen and oxygen atoms in total. The third-order valence-corrected chi connectivity index (χ3v) is 4.59. The van der Waals surface area contributed by atoms with Gasteiger partial charge in [-0.25, -0.2) is 0 Å². The molecule has 0 amide bonds. The summed E-state index contributed by atoms with van der Waals surface area (Å²) in [7, 11) is 3.19. The molecule has 2 aromatic rings. The Morgan fingerprint density at radius 2 is 1.10 bits per heavy atom. The van der Waals surface area contributed by atoms with Crippen molar-refractivity contribution in [3.05, 3.63) is 71.8 Å². The highest BCUT2D eigenvalue weighted by Gasteiger charge is 2.25. The Labute approximate surface area is 170 Å². The monoisotopic (exact) mass is 396 g/mol. The van der Waals surface area contributed by atoms with E-state index in [9.17, 15) is 9.59 Å². The minimum Gasteiger partial charge on any atom is -0.497 e. The summed E-state index contributed by atoms with van der Waals surface area (Å²) in [6.45, 7) is 0. The summed E-state index contributed by atoms with van der Waals surface area (Å²) in [6, 6.07) is 14.5. The van der Waals surface area contributed by atoms with Crippen LogP contribution in [0.4, 0.5) is 0 Å². The second-order valence-corrected chi connectivity index (χ2v) is 6.73. The molecule has 0 saturated heterocycles. The highest BCUT2D eigenvalue weighted by molar-refractivity contribution is 5.74. The molecule has 0 N–H and O–H groups in total. The predicted molar refractivity (Wildman–Crippen MR) is 107 cm³/mol. The Balaban J connectivity index is 1.41. The van der Waals surface area contributed by atoms with Crippen LogP contribution in [-0.2, 0) is 31.9 Å². The van der Waals surface area contributed by atoms with Crippen LogP contribution >= 0.6 is 0 Å². The molecule has 0 spiro atoms. The first-order valence-electron chi connectivity index (χ1n) is 9.39. The molecule has 0 heterocycles. The molecular formula is C23H24O6. The molecule has 1 aliphatic carbocycles. The van der Waals surface area contributed by atoms with Gasteiger partial charge in [0.25, 0.3) is 0 Å². The number of carbonyl (C=O) groups is 2. The van der Waals surface area contributed by atoms with Crippen molar-refractivity contribution < 1.29 is 28.5 Å². The number of hydrogen-bond acceptors (Lipinski definition) is 6. The van der Waals surface area contributed by atoms with Gasteiger partial charge in [0, 0.05) is 6.42 Å². The molecular weight excluding hydrogens is 372 g/mol. The summed E-state index contributed by atoms with van der Waals surface area (Å²) in [5.41, 5.74) is 1.69. The third kappa shape index (κ3) is 6.10. The number of hydrogen-bond donors (Lipinski definition) is 0. The van der Waals surface area contributed by atoms with E-state index in [1.807, 2.05) is 24.3 Å². The maximum Gasteiger partial charge on any atom is 0.310 e. The second kappa shape index (κ2) is 9.78. The van der Waals surface area contributed by atoms with E-state index in [2.05, 4.69) is 0 Å². The van der Waals surface area contributed by atoms with Crippen LogP contribution in [0.25, 0.3) is 0 Å². The van der Waals surface area contributed by atoms with Crippen LogP contribution in [0.3, 0.4) is 0 Å². The van der Waals surface area contributed by atoms with Gasteiger partial charge in [-0.15, -0.1) is 0 Å². The lowest BCUT2D eigenvalue weighted by Crippen LogP contribution is -2.21. The average molecular weight is 396 g/mol. The van der Waals surface area contributed by atoms with Crippen molar-refractivity contribution in [3.8, 4) is 11.5 Å². The van der Waals surface area contributed by atoms with Gasteiger partial charge in [0.05, 0.1) is 27.1 Å². The van der Waals surface area contributed by atoms with Gasteiger partial charge in [-0.2, -0.15) is 0 Å². The average Bonchev–Trinajstić information content (AvgIpc) is 3.15. The predicted octanol–water partition coefficient (Wildman–Crippen LogP) is 3.27. The molecule has 0 aromatic heterocycles. The van der Waals surface area contributed by atoms with Crippen molar-refractivity contribution >= 4 is 11.9 Å². The van der Waals surface area contributed by atoms with Gasteiger partial charge in [0.1, 0.15) is 23.7 Å². The van der Waals surface area contributed by atoms with Crippen LogP contribution in [0.1, 0.15) is 17.5 Å². The van der Waals surface area contributed by atoms with E-state index >= 15 is 0 Å². The maximum atomic E-state index is 12.1. The number of methoxy groups -OCH3 is 2. The van der Waals surface area contributed by atoms with Crippen LogP contribution < -0.4 is 9.47 Å². The molecule has 0 bridgehead atoms. The maximum absolute atomic E-state index is 12.1. The van der Waals surface area contributed by atoms with Gasteiger partial charge >= 0.3 is 11.9 Å². The molecule has 1 aliphatic rings. The summed E-state index contributed by atoms with van der Waals surface area (Å²) in [5.74, 6) is 0.824. The Morgan fingerprint density at radius 1 is 0.724 bits per heavy atom. The lowest BCUT2D eigenvalue weighted by molar-refractivity contribution is -0.149. The summed E-state index contributed by atoms with van der Waals surface area (Å²) >= 11 is 0. The zero-order valence-corrected chi connectivity index (χ0v) is 16.5. The van der Waals surface area contributed by atoms with Crippen LogP contribution in [-0.4, -0.2) is 38.4 Å². The first kappa shape index (κ1) is 20.5. The SMILES string of the molecule is COc1ccc(CC(=O)OC2C=CC(OC(=O)Cc3ccc(OC)cc3)C2)cc1. The van der Waals surface area contributed by atoms with Crippen molar-refractivity contribution in [3.63, 3.8) is 0 Å². The lowest BCUT2D eigenvalue weighted by Gasteiger charge is -2.14. The van der Waals surface area contributed by atoms with Crippen LogP contribution in [0.2, 0.25) is 0 Å². The van der Waals surface area contributed by atoms with Crippen molar-refractivity contribution in [2.45, 2.75) is 31.5 Å². The van der Waals surface area contributed by atoms with Gasteiger partial charge in [-0.1, -0.05) is 24.3 Å². The van der Waals surface area contributed by atoms with Gasteiger partial charge in [0.15, 0.2) is 0 Å². The van der Waals surface area contributed by atoms with E-state index in [0.29, 0.717) is 6.42 Å². The second-order valence-electron chi connectivity index (χ2n) is 6.73. The van der Waals surface area contributed by atoms with E-state index in [-0.39, 0.29) is 37.0 Å². The molecule has 29 heavy (non-hydrogen) atoms. The molecule has 6 heteroatoms. The fourth-order valence-corrected chi connectivity index (χ4v) is 3.05. The molecule has 152 valence electrons. The molecule has 0 radical (unpaired) electrons. The highest BCUT2D eigenvalue weighted by Crippen LogP contribution is 2.20. The van der Waals surface area contributed by atoms with Crippen molar-refractivity contribution in [2.75, 3.05) is 14.2 Å². The normalized spacial score (nSPS) is 17.6. The quantitative estimate of drug-likeness (QED) is 0.504. The van der Waals surface area contributed by atoms with Gasteiger partial charge in [-0.05, 0) is 47.5 Å². The smallest absolute Gasteiger partial charge is 0.310 e. The van der Waals surface area contributed by atoms with E-state index in [4.69, 9.17) is 18.9 Å². The molecule has 2 unspecified atom stereocenters. The standard InChI is InChI=1S/C23H24O6/c1-26-18-7-3-16(4-8-18)13-22(24)28-20-11-12-21(15-20)29-23(25)14-17-5-9-19(27-2)10-6-17/h3-12,20-21H,13-15H2,1-2H3. The molecule has 0 saturated carbocycles. The van der Waals surface area contributed by atoms with Crippen LogP contribution in [0, 0.1) is 0 Å². The molecule has 2 atom stereocenters. The van der Waals surface area contributed by atoms with Crippen molar-refractivity contribution in [2.24, 2.45) is 0 Å². The first-order valence-corrected chi connectivity index (χ1v) is 9.39. The van der Waals surface area contributed by atoms with Crippen molar-refractivity contribution in [1.82, 2.24) is 0 Å². The Morgan fingerprint density at radius 3 is 1.45 bits per heavy atom. The summed E-state index contributed by atoms with van der Waals surface area (Å²) in [6.07, 6.45) is 3.53. The van der Waals surface area contributed by atoms with Crippen LogP contribution in [0.15, 0.2) is 60.7 Å². The molecule has 0 fully saturated rings. The number of esters is 2.